The summed E-state index contributed by atoms with van der Waals surface area (Å²) in [5.41, 5.74) is 1.58. The van der Waals surface area contributed by atoms with Crippen LogP contribution in [0.2, 0.25) is 5.02 Å². The second-order valence-electron chi connectivity index (χ2n) is 9.48. The Bertz CT molecular complexity index is 1410. The Morgan fingerprint density at radius 1 is 0.829 bits per heavy atom. The normalized spacial score (nSPS) is 18.9. The Hall–Kier alpha value is -3.71. The highest BCUT2D eigenvalue weighted by molar-refractivity contribution is 8.18. The lowest BCUT2D eigenvalue weighted by atomic mass is 10.2. The van der Waals surface area contributed by atoms with Crippen molar-refractivity contribution in [2.75, 3.05) is 62.4 Å². The molecular weight excluding hydrogens is 568 g/mol. The number of benzene rings is 2. The van der Waals surface area contributed by atoms with E-state index in [1.165, 1.54) is 4.90 Å². The third-order valence-corrected chi connectivity index (χ3v) is 7.85. The molecule has 3 aromatic rings. The summed E-state index contributed by atoms with van der Waals surface area (Å²) in [7, 11) is 0. The predicted octanol–water partition coefficient (Wildman–Crippen LogP) is 4.23. The van der Waals surface area contributed by atoms with Gasteiger partial charge in [0.15, 0.2) is 0 Å². The van der Waals surface area contributed by atoms with Gasteiger partial charge in [-0.05, 0) is 53.2 Å². The van der Waals surface area contributed by atoms with Gasteiger partial charge in [0.05, 0.1) is 37.9 Å². The number of carbonyl (C=O) groups excluding carboxylic acids is 2. The van der Waals surface area contributed by atoms with Gasteiger partial charge in [-0.2, -0.15) is 15.0 Å². The van der Waals surface area contributed by atoms with Crippen molar-refractivity contribution in [2.24, 2.45) is 0 Å². The van der Waals surface area contributed by atoms with Crippen molar-refractivity contribution in [3.63, 3.8) is 0 Å². The highest BCUT2D eigenvalue weighted by Crippen LogP contribution is 2.34. The summed E-state index contributed by atoms with van der Waals surface area (Å²) in [6.07, 6.45) is 1.70. The molecule has 0 spiro atoms. The summed E-state index contributed by atoms with van der Waals surface area (Å²) < 4.78 is 17.0. The number of ether oxygens (including phenoxy) is 3. The molecule has 0 aliphatic carbocycles. The average Bonchev–Trinajstić information content (AvgIpc) is 3.27. The predicted molar refractivity (Wildman–Crippen MR) is 155 cm³/mol. The number of imide groups is 1. The van der Waals surface area contributed by atoms with Gasteiger partial charge in [0.25, 0.3) is 11.1 Å². The van der Waals surface area contributed by atoms with Crippen molar-refractivity contribution >= 4 is 52.5 Å². The van der Waals surface area contributed by atoms with Gasteiger partial charge in [-0.25, -0.2) is 0 Å². The molecule has 3 aliphatic rings. The van der Waals surface area contributed by atoms with Crippen LogP contribution in [0.25, 0.3) is 6.08 Å². The number of amides is 2. The van der Waals surface area contributed by atoms with Crippen LogP contribution in [0.5, 0.6) is 11.8 Å². The number of hydrogen-bond donors (Lipinski definition) is 0. The van der Waals surface area contributed by atoms with Gasteiger partial charge in [0.2, 0.25) is 11.9 Å². The monoisotopic (exact) mass is 594 g/mol. The van der Waals surface area contributed by atoms with E-state index in [9.17, 15) is 9.59 Å². The molecule has 0 atom stereocenters. The number of hydrogen-bond acceptors (Lipinski definition) is 11. The molecule has 6 rings (SSSR count). The van der Waals surface area contributed by atoms with Crippen LogP contribution in [0.4, 0.5) is 16.7 Å². The molecule has 0 radical (unpaired) electrons. The quantitative estimate of drug-likeness (QED) is 0.367. The topological polar surface area (TPSA) is 110 Å². The van der Waals surface area contributed by atoms with Crippen LogP contribution in [0.1, 0.15) is 11.1 Å². The molecule has 0 N–H and O–H groups in total. The molecule has 41 heavy (non-hydrogen) atoms. The molecule has 2 aromatic carbocycles. The Labute approximate surface area is 246 Å². The zero-order valence-corrected chi connectivity index (χ0v) is 23.6. The molecule has 212 valence electrons. The Balaban J connectivity index is 1.17. The lowest BCUT2D eigenvalue weighted by molar-refractivity contribution is -0.123. The van der Waals surface area contributed by atoms with Gasteiger partial charge >= 0.3 is 6.01 Å². The highest BCUT2D eigenvalue weighted by Gasteiger charge is 2.35. The molecule has 0 unspecified atom stereocenters. The average molecular weight is 595 g/mol. The lowest BCUT2D eigenvalue weighted by Crippen LogP contribution is -2.40. The second kappa shape index (κ2) is 12.4. The zero-order valence-electron chi connectivity index (χ0n) is 22.1. The number of halogens is 1. The third-order valence-electron chi connectivity index (χ3n) is 6.69. The van der Waals surface area contributed by atoms with Crippen LogP contribution in [-0.4, -0.2) is 83.6 Å². The standard InChI is InChI=1S/C28H27ClN6O5S/c29-21-5-1-20(2-6-21)18-35-24(36)23(41-28(35)37)17-19-3-7-22(8-4-19)40-27-31-25(33-9-13-38-14-10-33)30-26(32-27)34-11-15-39-16-12-34/h1-8,17H,9-16,18H2/b23-17-. The smallest absolute Gasteiger partial charge is 0.328 e. The first-order valence-electron chi connectivity index (χ1n) is 13.2. The first-order chi connectivity index (χ1) is 20.0. The third kappa shape index (κ3) is 6.62. The van der Waals surface area contributed by atoms with Gasteiger partial charge in [-0.15, -0.1) is 0 Å². The molecule has 3 saturated heterocycles. The highest BCUT2D eigenvalue weighted by atomic mass is 35.5. The van der Waals surface area contributed by atoms with Crippen LogP contribution >= 0.6 is 23.4 Å². The fourth-order valence-electron chi connectivity index (χ4n) is 4.49. The van der Waals surface area contributed by atoms with E-state index in [0.717, 1.165) is 22.9 Å². The van der Waals surface area contributed by atoms with Gasteiger partial charge in [0.1, 0.15) is 5.75 Å². The van der Waals surface area contributed by atoms with E-state index in [-0.39, 0.29) is 23.7 Å². The summed E-state index contributed by atoms with van der Waals surface area (Å²) in [5.74, 6) is 1.30. The molecule has 1 aromatic heterocycles. The van der Waals surface area contributed by atoms with E-state index >= 15 is 0 Å². The minimum absolute atomic E-state index is 0.191. The summed E-state index contributed by atoms with van der Waals surface area (Å²) in [6, 6.07) is 14.4. The molecule has 13 heteroatoms. The number of carbonyl (C=O) groups is 2. The van der Waals surface area contributed by atoms with Crippen molar-refractivity contribution in [2.45, 2.75) is 6.54 Å². The Kier molecular flexibility index (Phi) is 8.33. The molecule has 11 nitrogen and oxygen atoms in total. The van der Waals surface area contributed by atoms with Crippen molar-refractivity contribution in [3.8, 4) is 11.8 Å². The van der Waals surface area contributed by atoms with Gasteiger partial charge < -0.3 is 24.0 Å². The van der Waals surface area contributed by atoms with Crippen LogP contribution in [-0.2, 0) is 20.8 Å². The maximum absolute atomic E-state index is 12.9. The summed E-state index contributed by atoms with van der Waals surface area (Å²) >= 11 is 6.87. The maximum Gasteiger partial charge on any atom is 0.328 e. The number of rotatable bonds is 7. The van der Waals surface area contributed by atoms with E-state index in [2.05, 4.69) is 19.8 Å². The van der Waals surface area contributed by atoms with Gasteiger partial charge in [-0.1, -0.05) is 35.9 Å². The molecule has 2 amide bonds. The van der Waals surface area contributed by atoms with Crippen LogP contribution in [0.15, 0.2) is 53.4 Å². The SMILES string of the molecule is O=C1S/C(=C\c2ccc(Oc3nc(N4CCOCC4)nc(N4CCOCC4)n3)cc2)C(=O)N1Cc1ccc(Cl)cc1. The van der Waals surface area contributed by atoms with Gasteiger partial charge in [-0.3, -0.25) is 14.5 Å². The molecule has 3 aliphatic heterocycles. The summed E-state index contributed by atoms with van der Waals surface area (Å²) in [5, 5.41) is 0.291. The largest absolute Gasteiger partial charge is 0.424 e. The van der Waals surface area contributed by atoms with Crippen molar-refractivity contribution < 1.29 is 23.8 Å². The number of anilines is 2. The fourth-order valence-corrected chi connectivity index (χ4v) is 5.45. The minimum atomic E-state index is -0.327. The number of nitrogens with zero attached hydrogens (tertiary/aromatic N) is 6. The van der Waals surface area contributed by atoms with E-state index in [1.54, 1.807) is 42.5 Å². The number of morpholine rings is 2. The lowest BCUT2D eigenvalue weighted by Gasteiger charge is -2.30. The zero-order chi connectivity index (χ0) is 28.2. The van der Waals surface area contributed by atoms with Crippen molar-refractivity contribution in [1.82, 2.24) is 19.9 Å². The van der Waals surface area contributed by atoms with E-state index in [0.29, 0.717) is 80.2 Å². The maximum atomic E-state index is 12.9. The number of thioether (sulfide) groups is 1. The molecular formula is C28H27ClN6O5S. The summed E-state index contributed by atoms with van der Waals surface area (Å²) in [6.45, 7) is 5.37. The summed E-state index contributed by atoms with van der Waals surface area (Å²) in [4.78, 5) is 45.1. The number of aromatic nitrogens is 3. The molecule has 4 heterocycles. The Morgan fingerprint density at radius 2 is 1.41 bits per heavy atom. The van der Waals surface area contributed by atoms with E-state index in [1.807, 2.05) is 12.1 Å². The second-order valence-corrected chi connectivity index (χ2v) is 10.9. The first kappa shape index (κ1) is 27.5. The van der Waals surface area contributed by atoms with Crippen LogP contribution < -0.4 is 14.5 Å². The first-order valence-corrected chi connectivity index (χ1v) is 14.4. The van der Waals surface area contributed by atoms with Crippen molar-refractivity contribution in [3.05, 3.63) is 69.6 Å². The molecule has 0 bridgehead atoms. The molecule has 0 saturated carbocycles. The van der Waals surface area contributed by atoms with E-state index < -0.39 is 0 Å². The Morgan fingerprint density at radius 3 is 2.00 bits per heavy atom. The van der Waals surface area contributed by atoms with Crippen LogP contribution in [0.3, 0.4) is 0 Å². The van der Waals surface area contributed by atoms with Crippen LogP contribution in [0, 0.1) is 0 Å². The fraction of sp³-hybridized carbons (Fsp3) is 0.321. The van der Waals surface area contributed by atoms with E-state index in [4.69, 9.17) is 30.8 Å². The van der Waals surface area contributed by atoms with Crippen molar-refractivity contribution in [1.29, 1.82) is 0 Å². The van der Waals surface area contributed by atoms with Gasteiger partial charge in [0, 0.05) is 31.2 Å². The molecule has 3 fully saturated rings. The minimum Gasteiger partial charge on any atom is -0.424 e.